The lowest BCUT2D eigenvalue weighted by Gasteiger charge is -2.31. The van der Waals surface area contributed by atoms with Crippen LogP contribution >= 0.6 is 11.6 Å². The lowest BCUT2D eigenvalue weighted by molar-refractivity contribution is -0.142. The molecule has 0 aliphatic rings. The van der Waals surface area contributed by atoms with E-state index in [1.807, 2.05) is 61.5 Å². The number of ether oxygens (including phenoxy) is 2. The van der Waals surface area contributed by atoms with Gasteiger partial charge in [0.1, 0.15) is 6.04 Å². The summed E-state index contributed by atoms with van der Waals surface area (Å²) >= 11 is 6.40. The van der Waals surface area contributed by atoms with Gasteiger partial charge in [-0.1, -0.05) is 72.3 Å². The van der Waals surface area contributed by atoms with Gasteiger partial charge in [-0.05, 0) is 36.2 Å². The highest BCUT2D eigenvalue weighted by Crippen LogP contribution is 2.26. The maximum Gasteiger partial charge on any atom is 0.261 e. The molecule has 2 amide bonds. The van der Waals surface area contributed by atoms with Gasteiger partial charge in [0, 0.05) is 24.5 Å². The Morgan fingerprint density at radius 2 is 1.59 bits per heavy atom. The number of hydrogen-bond donors (Lipinski definition) is 1. The van der Waals surface area contributed by atoms with Crippen molar-refractivity contribution in [3.05, 3.63) is 95.0 Å². The number of carbonyl (C=O) groups is 2. The van der Waals surface area contributed by atoms with Crippen LogP contribution in [0.5, 0.6) is 11.5 Å². The van der Waals surface area contributed by atoms with E-state index < -0.39 is 6.04 Å². The second-order valence-electron chi connectivity index (χ2n) is 7.65. The summed E-state index contributed by atoms with van der Waals surface area (Å²) in [6, 6.07) is 23.3. The normalized spacial score (nSPS) is 11.4. The Morgan fingerprint density at radius 3 is 2.26 bits per heavy atom. The van der Waals surface area contributed by atoms with Gasteiger partial charge in [0.05, 0.1) is 7.11 Å². The molecule has 0 saturated carbocycles. The molecule has 0 aromatic heterocycles. The van der Waals surface area contributed by atoms with Crippen molar-refractivity contribution in [1.29, 1.82) is 0 Å². The predicted molar refractivity (Wildman–Crippen MR) is 133 cm³/mol. The van der Waals surface area contributed by atoms with E-state index in [2.05, 4.69) is 5.32 Å². The number of halogens is 1. The molecule has 0 saturated heterocycles. The van der Waals surface area contributed by atoms with Crippen molar-refractivity contribution < 1.29 is 19.1 Å². The minimum Gasteiger partial charge on any atom is -0.493 e. The zero-order chi connectivity index (χ0) is 24.3. The van der Waals surface area contributed by atoms with Gasteiger partial charge in [-0.3, -0.25) is 9.59 Å². The Morgan fingerprint density at radius 1 is 0.941 bits per heavy atom. The summed E-state index contributed by atoms with van der Waals surface area (Å²) in [5.41, 5.74) is 1.69. The van der Waals surface area contributed by atoms with Crippen LogP contribution < -0.4 is 14.8 Å². The minimum absolute atomic E-state index is 0.169. The summed E-state index contributed by atoms with van der Waals surface area (Å²) in [6.07, 6.45) is 0.359. The molecule has 0 unspecified atom stereocenters. The average Bonchev–Trinajstić information content (AvgIpc) is 2.86. The summed E-state index contributed by atoms with van der Waals surface area (Å²) in [7, 11) is 1.54. The first kappa shape index (κ1) is 25.1. The van der Waals surface area contributed by atoms with E-state index in [1.165, 1.54) is 4.90 Å². The monoisotopic (exact) mass is 480 g/mol. The molecule has 34 heavy (non-hydrogen) atoms. The third-order valence-electron chi connectivity index (χ3n) is 5.34. The topological polar surface area (TPSA) is 67.9 Å². The van der Waals surface area contributed by atoms with Gasteiger partial charge in [0.2, 0.25) is 5.91 Å². The van der Waals surface area contributed by atoms with E-state index in [1.54, 1.807) is 31.4 Å². The molecule has 0 spiro atoms. The molecular weight excluding hydrogens is 452 g/mol. The quantitative estimate of drug-likeness (QED) is 0.438. The Labute approximate surface area is 205 Å². The summed E-state index contributed by atoms with van der Waals surface area (Å²) < 4.78 is 11.1. The van der Waals surface area contributed by atoms with Crippen LogP contribution in [0.3, 0.4) is 0 Å². The molecule has 0 aliphatic carbocycles. The van der Waals surface area contributed by atoms with Gasteiger partial charge < -0.3 is 19.7 Å². The molecule has 3 aromatic rings. The fourth-order valence-electron chi connectivity index (χ4n) is 3.62. The standard InChI is InChI=1S/C27H29ClN2O4/c1-3-29-27(32)23(17-20-11-5-4-6-12-20)30(18-21-13-7-8-14-22(21)28)26(31)19-34-25-16-10-9-15-24(25)33-2/h4-16,23H,3,17-19H2,1-2H3,(H,29,32)/t23-/m1/s1. The summed E-state index contributed by atoms with van der Waals surface area (Å²) in [5, 5.41) is 3.40. The van der Waals surface area contributed by atoms with Crippen molar-refractivity contribution in [2.75, 3.05) is 20.3 Å². The third-order valence-corrected chi connectivity index (χ3v) is 5.71. The maximum atomic E-state index is 13.5. The SMILES string of the molecule is CCNC(=O)[C@@H](Cc1ccccc1)N(Cc1ccccc1Cl)C(=O)COc1ccccc1OC. The molecule has 1 N–H and O–H groups in total. The Hall–Kier alpha value is -3.51. The lowest BCUT2D eigenvalue weighted by Crippen LogP contribution is -2.51. The Balaban J connectivity index is 1.91. The zero-order valence-electron chi connectivity index (χ0n) is 19.4. The van der Waals surface area contributed by atoms with E-state index >= 15 is 0 Å². The predicted octanol–water partition coefficient (Wildman–Crippen LogP) is 4.50. The van der Waals surface area contributed by atoms with E-state index in [-0.39, 0.29) is 25.0 Å². The molecular formula is C27H29ClN2O4. The van der Waals surface area contributed by atoms with Crippen LogP contribution in [0.4, 0.5) is 0 Å². The highest BCUT2D eigenvalue weighted by Gasteiger charge is 2.31. The van der Waals surface area contributed by atoms with Gasteiger partial charge in [-0.25, -0.2) is 0 Å². The van der Waals surface area contributed by atoms with Crippen molar-refractivity contribution in [1.82, 2.24) is 10.2 Å². The first-order valence-corrected chi connectivity index (χ1v) is 11.5. The molecule has 1 atom stereocenters. The number of rotatable bonds is 11. The van der Waals surface area contributed by atoms with Gasteiger partial charge in [0.15, 0.2) is 18.1 Å². The molecule has 6 nitrogen and oxygen atoms in total. The number of likely N-dealkylation sites (N-methyl/N-ethyl adjacent to an activating group) is 1. The highest BCUT2D eigenvalue weighted by atomic mass is 35.5. The molecule has 0 aliphatic heterocycles. The Bertz CT molecular complexity index is 1090. The molecule has 7 heteroatoms. The molecule has 0 bridgehead atoms. The van der Waals surface area contributed by atoms with Gasteiger partial charge in [0.25, 0.3) is 5.91 Å². The highest BCUT2D eigenvalue weighted by molar-refractivity contribution is 6.31. The Kier molecular flexibility index (Phi) is 9.35. The largest absolute Gasteiger partial charge is 0.493 e. The molecule has 3 rings (SSSR count). The smallest absolute Gasteiger partial charge is 0.261 e. The first-order chi connectivity index (χ1) is 16.5. The number of benzene rings is 3. The first-order valence-electron chi connectivity index (χ1n) is 11.1. The van der Waals surface area contributed by atoms with Crippen molar-refractivity contribution in [2.24, 2.45) is 0 Å². The number of nitrogens with zero attached hydrogens (tertiary/aromatic N) is 1. The van der Waals surface area contributed by atoms with Gasteiger partial charge >= 0.3 is 0 Å². The number of amides is 2. The van der Waals surface area contributed by atoms with Crippen LogP contribution in [-0.2, 0) is 22.6 Å². The van der Waals surface area contributed by atoms with E-state index in [0.717, 1.165) is 11.1 Å². The van der Waals surface area contributed by atoms with Crippen LogP contribution in [-0.4, -0.2) is 43.0 Å². The van der Waals surface area contributed by atoms with Gasteiger partial charge in [-0.15, -0.1) is 0 Å². The van der Waals surface area contributed by atoms with Crippen molar-refractivity contribution >= 4 is 23.4 Å². The van der Waals surface area contributed by atoms with Crippen LogP contribution in [0.25, 0.3) is 0 Å². The van der Waals surface area contributed by atoms with Crippen molar-refractivity contribution in [3.8, 4) is 11.5 Å². The van der Waals surface area contributed by atoms with Crippen LogP contribution in [0.2, 0.25) is 5.02 Å². The van der Waals surface area contributed by atoms with Crippen LogP contribution in [0.15, 0.2) is 78.9 Å². The number of carbonyl (C=O) groups excluding carboxylic acids is 2. The molecule has 0 heterocycles. The van der Waals surface area contributed by atoms with E-state index in [4.69, 9.17) is 21.1 Å². The fourth-order valence-corrected chi connectivity index (χ4v) is 3.81. The third kappa shape index (κ3) is 6.75. The second-order valence-corrected chi connectivity index (χ2v) is 8.06. The number of para-hydroxylation sites is 2. The number of methoxy groups -OCH3 is 1. The van der Waals surface area contributed by atoms with E-state index in [0.29, 0.717) is 29.5 Å². The lowest BCUT2D eigenvalue weighted by atomic mass is 10.0. The number of nitrogens with one attached hydrogen (secondary N) is 1. The molecule has 178 valence electrons. The maximum absolute atomic E-state index is 13.5. The molecule has 3 aromatic carbocycles. The van der Waals surface area contributed by atoms with Crippen molar-refractivity contribution in [2.45, 2.75) is 25.9 Å². The van der Waals surface area contributed by atoms with Crippen LogP contribution in [0.1, 0.15) is 18.1 Å². The molecule has 0 fully saturated rings. The van der Waals surface area contributed by atoms with E-state index in [9.17, 15) is 9.59 Å². The fraction of sp³-hybridized carbons (Fsp3) is 0.259. The average molecular weight is 481 g/mol. The summed E-state index contributed by atoms with van der Waals surface area (Å²) in [5.74, 6) is 0.410. The van der Waals surface area contributed by atoms with Crippen molar-refractivity contribution in [3.63, 3.8) is 0 Å². The number of hydrogen-bond acceptors (Lipinski definition) is 4. The van der Waals surface area contributed by atoms with Crippen LogP contribution in [0, 0.1) is 0 Å². The zero-order valence-corrected chi connectivity index (χ0v) is 20.1. The summed E-state index contributed by atoms with van der Waals surface area (Å²) in [4.78, 5) is 28.2. The summed E-state index contributed by atoms with van der Waals surface area (Å²) in [6.45, 7) is 2.22. The molecule has 0 radical (unpaired) electrons. The second kappa shape index (κ2) is 12.7. The minimum atomic E-state index is -0.743. The van der Waals surface area contributed by atoms with Gasteiger partial charge in [-0.2, -0.15) is 0 Å².